The number of nitrogens with one attached hydrogen (secondary N) is 3. The van der Waals surface area contributed by atoms with Gasteiger partial charge < -0.3 is 16.0 Å². The van der Waals surface area contributed by atoms with Crippen LogP contribution in [0.5, 0.6) is 0 Å². The lowest BCUT2D eigenvalue weighted by Gasteiger charge is -2.12. The molecule has 2 heterocycles. The number of benzene rings is 2. The summed E-state index contributed by atoms with van der Waals surface area (Å²) >= 11 is 0.905. The van der Waals surface area contributed by atoms with Crippen molar-refractivity contribution in [2.45, 2.75) is 30.6 Å². The van der Waals surface area contributed by atoms with Crippen molar-refractivity contribution >= 4 is 54.8 Å². The largest absolute Gasteiger partial charge is 0.352 e. The standard InChI is InChI=1S/C23H21FN4O5S2/c1-35(32,33)21(22(31)25-10-20(30)26-13-4-5-13)23-28-17-8-14(15(24)9-18(17)34-23)11-2-3-12-7-19(29)27-16(12)6-11/h2-3,6,8-9,13,21H,4-5,7,10H2,1H3,(H,25,31)(H,26,30)(H,27,29). The Hall–Kier alpha value is -3.38. The molecule has 182 valence electrons. The van der Waals surface area contributed by atoms with Gasteiger partial charge in [0.2, 0.25) is 17.7 Å². The van der Waals surface area contributed by atoms with Gasteiger partial charge in [0.15, 0.2) is 15.1 Å². The molecule has 2 aliphatic rings. The first-order valence-electron chi connectivity index (χ1n) is 10.9. The zero-order chi connectivity index (χ0) is 24.9. The first-order chi connectivity index (χ1) is 16.6. The van der Waals surface area contributed by atoms with Gasteiger partial charge in [0.05, 0.1) is 23.2 Å². The van der Waals surface area contributed by atoms with E-state index in [1.54, 1.807) is 18.2 Å². The molecule has 2 aromatic carbocycles. The molecule has 1 aromatic heterocycles. The highest BCUT2D eigenvalue weighted by Crippen LogP contribution is 2.36. The van der Waals surface area contributed by atoms with Crippen LogP contribution >= 0.6 is 11.3 Å². The summed E-state index contributed by atoms with van der Waals surface area (Å²) in [5.41, 5.74) is 2.53. The Labute approximate surface area is 204 Å². The molecule has 9 nitrogen and oxygen atoms in total. The lowest BCUT2D eigenvalue weighted by molar-refractivity contribution is -0.126. The maximum Gasteiger partial charge on any atom is 0.245 e. The minimum absolute atomic E-state index is 0.0135. The van der Waals surface area contributed by atoms with Crippen LogP contribution in [0, 0.1) is 5.82 Å². The molecule has 0 radical (unpaired) electrons. The third-order valence-electron chi connectivity index (χ3n) is 5.80. The van der Waals surface area contributed by atoms with E-state index >= 15 is 4.39 Å². The quantitative estimate of drug-likeness (QED) is 0.440. The average Bonchev–Trinajstić information content (AvgIpc) is 3.36. The van der Waals surface area contributed by atoms with Gasteiger partial charge >= 0.3 is 0 Å². The van der Waals surface area contributed by atoms with E-state index in [1.165, 1.54) is 12.1 Å². The Bertz CT molecular complexity index is 1500. The number of aromatic nitrogens is 1. The van der Waals surface area contributed by atoms with Crippen molar-refractivity contribution in [2.24, 2.45) is 0 Å². The van der Waals surface area contributed by atoms with Crippen molar-refractivity contribution in [1.82, 2.24) is 15.6 Å². The molecule has 5 rings (SSSR count). The summed E-state index contributed by atoms with van der Waals surface area (Å²) in [6.45, 7) is -0.347. The van der Waals surface area contributed by atoms with Gasteiger partial charge in [0, 0.05) is 23.5 Å². The maximum atomic E-state index is 15.0. The van der Waals surface area contributed by atoms with Gasteiger partial charge in [-0.05, 0) is 42.2 Å². The van der Waals surface area contributed by atoms with Gasteiger partial charge in [-0.15, -0.1) is 11.3 Å². The molecule has 12 heteroatoms. The number of hydrogen-bond donors (Lipinski definition) is 3. The molecule has 0 spiro atoms. The lowest BCUT2D eigenvalue weighted by Crippen LogP contribution is -2.41. The topological polar surface area (TPSA) is 134 Å². The van der Waals surface area contributed by atoms with Gasteiger partial charge in [-0.3, -0.25) is 14.4 Å². The summed E-state index contributed by atoms with van der Waals surface area (Å²) in [4.78, 5) is 40.6. The Morgan fingerprint density at radius 2 is 2.03 bits per heavy atom. The Morgan fingerprint density at radius 1 is 1.26 bits per heavy atom. The van der Waals surface area contributed by atoms with Crippen molar-refractivity contribution in [3.63, 3.8) is 0 Å². The number of sulfone groups is 1. The minimum Gasteiger partial charge on any atom is -0.352 e. The fourth-order valence-electron chi connectivity index (χ4n) is 3.94. The average molecular weight is 517 g/mol. The number of anilines is 1. The normalized spacial score (nSPS) is 16.0. The molecule has 1 fully saturated rings. The molecular formula is C23H21FN4O5S2. The Kier molecular flexibility index (Phi) is 5.80. The summed E-state index contributed by atoms with van der Waals surface area (Å²) in [5, 5.41) is 6.17. The van der Waals surface area contributed by atoms with E-state index in [-0.39, 0.29) is 35.5 Å². The van der Waals surface area contributed by atoms with E-state index in [0.29, 0.717) is 21.5 Å². The zero-order valence-electron chi connectivity index (χ0n) is 18.6. The maximum absolute atomic E-state index is 15.0. The second-order valence-corrected chi connectivity index (χ2v) is 11.9. The third-order valence-corrected chi connectivity index (χ3v) is 8.32. The van der Waals surface area contributed by atoms with Crippen LogP contribution in [0.15, 0.2) is 30.3 Å². The molecule has 1 atom stereocenters. The van der Waals surface area contributed by atoms with Gasteiger partial charge in [-0.25, -0.2) is 17.8 Å². The number of nitrogens with zero attached hydrogens (tertiary/aromatic N) is 1. The van der Waals surface area contributed by atoms with Gasteiger partial charge in [-0.2, -0.15) is 0 Å². The number of halogens is 1. The molecule has 3 N–H and O–H groups in total. The monoisotopic (exact) mass is 516 g/mol. The second-order valence-electron chi connectivity index (χ2n) is 8.72. The molecule has 0 bridgehead atoms. The van der Waals surface area contributed by atoms with Crippen LogP contribution in [0.1, 0.15) is 28.7 Å². The minimum atomic E-state index is -3.94. The van der Waals surface area contributed by atoms with Crippen LogP contribution < -0.4 is 16.0 Å². The van der Waals surface area contributed by atoms with E-state index in [9.17, 15) is 22.8 Å². The Balaban J connectivity index is 1.44. The van der Waals surface area contributed by atoms with Gasteiger partial charge in [0.25, 0.3) is 0 Å². The van der Waals surface area contributed by atoms with Crippen LogP contribution in [0.4, 0.5) is 10.1 Å². The number of fused-ring (bicyclic) bond motifs is 2. The number of carbonyl (C=O) groups is 3. The Morgan fingerprint density at radius 3 is 2.74 bits per heavy atom. The lowest BCUT2D eigenvalue weighted by atomic mass is 10.0. The number of hydrogen-bond acceptors (Lipinski definition) is 7. The highest BCUT2D eigenvalue weighted by atomic mass is 32.2. The van der Waals surface area contributed by atoms with Crippen molar-refractivity contribution < 1.29 is 27.2 Å². The molecule has 3 amide bonds. The second kappa shape index (κ2) is 8.68. The van der Waals surface area contributed by atoms with E-state index in [1.807, 2.05) is 0 Å². The first-order valence-corrected chi connectivity index (χ1v) is 13.6. The molecule has 1 saturated carbocycles. The summed E-state index contributed by atoms with van der Waals surface area (Å²) in [7, 11) is -3.94. The molecule has 1 unspecified atom stereocenters. The summed E-state index contributed by atoms with van der Waals surface area (Å²) in [5.74, 6) is -1.94. The fourth-order valence-corrected chi connectivity index (χ4v) is 6.45. The molecule has 0 saturated heterocycles. The van der Waals surface area contributed by atoms with E-state index in [2.05, 4.69) is 20.9 Å². The van der Waals surface area contributed by atoms with Crippen LogP contribution in [0.25, 0.3) is 21.3 Å². The highest BCUT2D eigenvalue weighted by molar-refractivity contribution is 7.91. The smallest absolute Gasteiger partial charge is 0.245 e. The third kappa shape index (κ3) is 4.89. The number of rotatable bonds is 7. The van der Waals surface area contributed by atoms with E-state index in [0.717, 1.165) is 36.0 Å². The predicted octanol–water partition coefficient (Wildman–Crippen LogP) is 2.08. The molecule has 1 aliphatic carbocycles. The summed E-state index contributed by atoms with van der Waals surface area (Å²) in [6, 6.07) is 7.98. The summed E-state index contributed by atoms with van der Waals surface area (Å²) < 4.78 is 40.3. The summed E-state index contributed by atoms with van der Waals surface area (Å²) in [6.07, 6.45) is 2.95. The molecule has 35 heavy (non-hydrogen) atoms. The van der Waals surface area contributed by atoms with E-state index < -0.39 is 32.7 Å². The first kappa shape index (κ1) is 23.4. The molecular weight excluding hydrogens is 495 g/mol. The van der Waals surface area contributed by atoms with Crippen molar-refractivity contribution in [1.29, 1.82) is 0 Å². The number of carbonyl (C=O) groups excluding carboxylic acids is 3. The van der Waals surface area contributed by atoms with Crippen LogP contribution in [0.3, 0.4) is 0 Å². The van der Waals surface area contributed by atoms with Crippen LogP contribution in [0.2, 0.25) is 0 Å². The fraction of sp³-hybridized carbons (Fsp3) is 0.304. The van der Waals surface area contributed by atoms with Gasteiger partial charge in [0.1, 0.15) is 10.8 Å². The van der Waals surface area contributed by atoms with Gasteiger partial charge in [-0.1, -0.05) is 12.1 Å². The molecule has 1 aliphatic heterocycles. The number of thiazole rings is 1. The van der Waals surface area contributed by atoms with E-state index in [4.69, 9.17) is 0 Å². The van der Waals surface area contributed by atoms with Crippen molar-refractivity contribution in [3.8, 4) is 11.1 Å². The predicted molar refractivity (Wildman–Crippen MR) is 129 cm³/mol. The number of amides is 3. The highest BCUT2D eigenvalue weighted by Gasteiger charge is 2.34. The molecule has 3 aromatic rings. The zero-order valence-corrected chi connectivity index (χ0v) is 20.2. The van der Waals surface area contributed by atoms with Crippen LogP contribution in [-0.4, -0.2) is 50.0 Å². The van der Waals surface area contributed by atoms with Crippen LogP contribution in [-0.2, 0) is 30.6 Å². The SMILES string of the molecule is CS(=O)(=O)C(C(=O)NCC(=O)NC1CC1)c1nc2cc(-c3ccc4c(c3)NC(=O)C4)c(F)cc2s1. The van der Waals surface area contributed by atoms with Crippen molar-refractivity contribution in [3.05, 3.63) is 46.7 Å². The van der Waals surface area contributed by atoms with Crippen molar-refractivity contribution in [2.75, 3.05) is 18.1 Å².